The van der Waals surface area contributed by atoms with Crippen LogP contribution in [0.5, 0.6) is 11.5 Å². The molecule has 0 saturated heterocycles. The zero-order chi connectivity index (χ0) is 20.8. The van der Waals surface area contributed by atoms with Crippen molar-refractivity contribution in [2.45, 2.75) is 0 Å². The number of aromatic nitrogens is 1. The molecular weight excluding hydrogens is 377 g/mol. The Labute approximate surface area is 166 Å². The molecule has 0 aliphatic carbocycles. The molecule has 0 aliphatic rings. The van der Waals surface area contributed by atoms with Crippen LogP contribution in [0.3, 0.4) is 0 Å². The molecule has 2 aromatic carbocycles. The minimum absolute atomic E-state index is 0.0478. The average Bonchev–Trinajstić information content (AvgIpc) is 2.73. The Morgan fingerprint density at radius 1 is 0.862 bits per heavy atom. The Morgan fingerprint density at radius 2 is 1.59 bits per heavy atom. The Kier molecular flexibility index (Phi) is 6.03. The molecule has 1 heterocycles. The molecule has 2 amide bonds. The third-order valence-corrected chi connectivity index (χ3v) is 3.98. The Bertz CT molecular complexity index is 1060. The predicted octanol–water partition coefficient (Wildman–Crippen LogP) is 3.74. The van der Waals surface area contributed by atoms with E-state index in [2.05, 4.69) is 15.6 Å². The summed E-state index contributed by atoms with van der Waals surface area (Å²) in [6.07, 6.45) is 1.35. The number of rotatable bonds is 6. The minimum Gasteiger partial charge on any atom is -0.493 e. The zero-order valence-corrected chi connectivity index (χ0v) is 15.7. The summed E-state index contributed by atoms with van der Waals surface area (Å²) in [5.41, 5.74) is 1.04. The molecule has 0 radical (unpaired) electrons. The molecule has 0 atom stereocenters. The van der Waals surface area contributed by atoms with Crippen LogP contribution in [0.4, 0.5) is 15.8 Å². The van der Waals surface area contributed by atoms with Gasteiger partial charge in [0.1, 0.15) is 11.5 Å². The molecule has 0 bridgehead atoms. The van der Waals surface area contributed by atoms with Crippen molar-refractivity contribution in [1.29, 1.82) is 0 Å². The van der Waals surface area contributed by atoms with Crippen LogP contribution >= 0.6 is 0 Å². The van der Waals surface area contributed by atoms with E-state index >= 15 is 0 Å². The van der Waals surface area contributed by atoms with E-state index in [4.69, 9.17) is 9.47 Å². The molecule has 2 N–H and O–H groups in total. The van der Waals surface area contributed by atoms with Crippen LogP contribution in [0, 0.1) is 5.82 Å². The number of carbonyl (C=O) groups is 2. The number of nitrogens with one attached hydrogen (secondary N) is 2. The standard InChI is InChI=1S/C21H18FN3O4/c1-28-18-7-6-16(12-19(18)29-2)25-21(27)17-10-13(8-9-23-17)20(26)24-15-5-3-4-14(22)11-15/h3-12H,1-2H3,(H,24,26)(H,25,27). The van der Waals surface area contributed by atoms with E-state index in [0.717, 1.165) is 0 Å². The normalized spacial score (nSPS) is 10.2. The number of pyridine rings is 1. The molecule has 3 aromatic rings. The van der Waals surface area contributed by atoms with Gasteiger partial charge in [0.2, 0.25) is 0 Å². The summed E-state index contributed by atoms with van der Waals surface area (Å²) < 4.78 is 23.6. The van der Waals surface area contributed by atoms with Crippen molar-refractivity contribution in [2.75, 3.05) is 24.9 Å². The number of amides is 2. The molecule has 7 nitrogen and oxygen atoms in total. The highest BCUT2D eigenvalue weighted by atomic mass is 19.1. The fourth-order valence-electron chi connectivity index (χ4n) is 2.57. The monoisotopic (exact) mass is 395 g/mol. The van der Waals surface area contributed by atoms with Crippen LogP contribution < -0.4 is 20.1 Å². The van der Waals surface area contributed by atoms with Gasteiger partial charge in [-0.1, -0.05) is 6.07 Å². The summed E-state index contributed by atoms with van der Waals surface area (Å²) in [6.45, 7) is 0. The molecule has 0 spiro atoms. The van der Waals surface area contributed by atoms with Crippen LogP contribution in [-0.2, 0) is 0 Å². The number of hydrogen-bond acceptors (Lipinski definition) is 5. The largest absolute Gasteiger partial charge is 0.493 e. The highest BCUT2D eigenvalue weighted by Gasteiger charge is 2.14. The minimum atomic E-state index is -0.502. The lowest BCUT2D eigenvalue weighted by Crippen LogP contribution is -2.17. The molecule has 3 rings (SSSR count). The van der Waals surface area contributed by atoms with Gasteiger partial charge in [-0.25, -0.2) is 4.39 Å². The molecule has 148 valence electrons. The lowest BCUT2D eigenvalue weighted by Gasteiger charge is -2.11. The van der Waals surface area contributed by atoms with Crippen LogP contribution in [0.2, 0.25) is 0 Å². The number of carbonyl (C=O) groups excluding carboxylic acids is 2. The molecule has 0 aliphatic heterocycles. The molecule has 8 heteroatoms. The first-order valence-corrected chi connectivity index (χ1v) is 8.56. The molecule has 0 fully saturated rings. The lowest BCUT2D eigenvalue weighted by molar-refractivity contribution is 0.102. The van der Waals surface area contributed by atoms with Crippen LogP contribution in [0.15, 0.2) is 60.8 Å². The smallest absolute Gasteiger partial charge is 0.274 e. The first-order chi connectivity index (χ1) is 14.0. The van der Waals surface area contributed by atoms with Gasteiger partial charge >= 0.3 is 0 Å². The number of halogens is 1. The summed E-state index contributed by atoms with van der Waals surface area (Å²) in [6, 6.07) is 13.3. The van der Waals surface area contributed by atoms with E-state index in [1.165, 1.54) is 50.7 Å². The van der Waals surface area contributed by atoms with Crippen molar-refractivity contribution < 1.29 is 23.5 Å². The maximum absolute atomic E-state index is 13.3. The van der Waals surface area contributed by atoms with Crippen LogP contribution in [0.25, 0.3) is 0 Å². The van der Waals surface area contributed by atoms with Gasteiger partial charge in [0.25, 0.3) is 11.8 Å². The second-order valence-electron chi connectivity index (χ2n) is 5.92. The zero-order valence-electron chi connectivity index (χ0n) is 15.7. The van der Waals surface area contributed by atoms with Gasteiger partial charge in [0.15, 0.2) is 11.5 Å². The van der Waals surface area contributed by atoms with Gasteiger partial charge in [0, 0.05) is 29.2 Å². The van der Waals surface area contributed by atoms with Gasteiger partial charge in [-0.3, -0.25) is 14.6 Å². The second-order valence-corrected chi connectivity index (χ2v) is 5.92. The summed E-state index contributed by atoms with van der Waals surface area (Å²) in [5.74, 6) is -0.468. The highest BCUT2D eigenvalue weighted by Crippen LogP contribution is 2.29. The summed E-state index contributed by atoms with van der Waals surface area (Å²) in [5, 5.41) is 5.26. The van der Waals surface area contributed by atoms with Crippen molar-refractivity contribution >= 4 is 23.2 Å². The number of hydrogen-bond donors (Lipinski definition) is 2. The summed E-state index contributed by atoms with van der Waals surface area (Å²) in [4.78, 5) is 28.9. The van der Waals surface area contributed by atoms with E-state index in [0.29, 0.717) is 22.9 Å². The van der Waals surface area contributed by atoms with Gasteiger partial charge < -0.3 is 20.1 Å². The Morgan fingerprint density at radius 3 is 2.31 bits per heavy atom. The number of methoxy groups -OCH3 is 2. The summed E-state index contributed by atoms with van der Waals surface area (Å²) >= 11 is 0. The number of ether oxygens (including phenoxy) is 2. The molecule has 29 heavy (non-hydrogen) atoms. The van der Waals surface area contributed by atoms with Gasteiger partial charge in [-0.2, -0.15) is 0 Å². The van der Waals surface area contributed by atoms with E-state index in [-0.39, 0.29) is 11.3 Å². The second kappa shape index (κ2) is 8.83. The van der Waals surface area contributed by atoms with Crippen molar-refractivity contribution in [1.82, 2.24) is 4.98 Å². The molecule has 0 unspecified atom stereocenters. The Hall–Kier alpha value is -3.94. The first kappa shape index (κ1) is 19.8. The lowest BCUT2D eigenvalue weighted by atomic mass is 10.2. The Balaban J connectivity index is 1.74. The maximum Gasteiger partial charge on any atom is 0.274 e. The van der Waals surface area contributed by atoms with E-state index in [1.54, 1.807) is 24.3 Å². The van der Waals surface area contributed by atoms with Crippen molar-refractivity contribution in [3.63, 3.8) is 0 Å². The fourth-order valence-corrected chi connectivity index (χ4v) is 2.57. The number of anilines is 2. The fraction of sp³-hybridized carbons (Fsp3) is 0.0952. The molecule has 1 aromatic heterocycles. The van der Waals surface area contributed by atoms with E-state index < -0.39 is 17.6 Å². The van der Waals surface area contributed by atoms with E-state index in [9.17, 15) is 14.0 Å². The SMILES string of the molecule is COc1ccc(NC(=O)c2cc(C(=O)Nc3cccc(F)c3)ccn2)cc1OC. The topological polar surface area (TPSA) is 89.5 Å². The highest BCUT2D eigenvalue weighted by molar-refractivity contribution is 6.07. The molecular formula is C21H18FN3O4. The van der Waals surface area contributed by atoms with Gasteiger partial charge in [-0.15, -0.1) is 0 Å². The third kappa shape index (κ3) is 4.86. The first-order valence-electron chi connectivity index (χ1n) is 8.56. The quantitative estimate of drug-likeness (QED) is 0.664. The predicted molar refractivity (Wildman–Crippen MR) is 106 cm³/mol. The van der Waals surface area contributed by atoms with Crippen molar-refractivity contribution in [2.24, 2.45) is 0 Å². The third-order valence-electron chi connectivity index (χ3n) is 3.98. The average molecular weight is 395 g/mol. The van der Waals surface area contributed by atoms with E-state index in [1.807, 2.05) is 0 Å². The van der Waals surface area contributed by atoms with Crippen molar-refractivity contribution in [3.05, 3.63) is 77.9 Å². The van der Waals surface area contributed by atoms with Gasteiger partial charge in [0.05, 0.1) is 14.2 Å². The molecule has 0 saturated carbocycles. The van der Waals surface area contributed by atoms with Crippen LogP contribution in [0.1, 0.15) is 20.8 Å². The van der Waals surface area contributed by atoms with Crippen molar-refractivity contribution in [3.8, 4) is 11.5 Å². The number of nitrogens with zero attached hydrogens (tertiary/aromatic N) is 1. The van der Waals surface area contributed by atoms with Crippen LogP contribution in [-0.4, -0.2) is 31.0 Å². The number of benzene rings is 2. The van der Waals surface area contributed by atoms with Gasteiger partial charge in [-0.05, 0) is 42.5 Å². The maximum atomic E-state index is 13.3. The summed E-state index contributed by atoms with van der Waals surface area (Å²) in [7, 11) is 3.01.